The average Bonchev–Trinajstić information content (AvgIpc) is 2.38. The fourth-order valence-corrected chi connectivity index (χ4v) is 1.64. The van der Waals surface area contributed by atoms with Crippen LogP contribution in [-0.2, 0) is 4.79 Å². The lowest BCUT2D eigenvalue weighted by molar-refractivity contribution is -0.105. The van der Waals surface area contributed by atoms with E-state index in [0.29, 0.717) is 24.1 Å². The van der Waals surface area contributed by atoms with Crippen molar-refractivity contribution in [3.8, 4) is 5.88 Å². The van der Waals surface area contributed by atoms with E-state index in [1.54, 1.807) is 13.2 Å². The second-order valence-electron chi connectivity index (χ2n) is 3.84. The fraction of sp³-hybridized carbons (Fsp3) is 0.583. The predicted octanol–water partition coefficient (Wildman–Crippen LogP) is 1.68. The van der Waals surface area contributed by atoms with Gasteiger partial charge in [0.15, 0.2) is 0 Å². The molecule has 1 amide bonds. The normalized spacial score (nSPS) is 9.94. The third-order valence-corrected chi connectivity index (χ3v) is 2.38. The van der Waals surface area contributed by atoms with Gasteiger partial charge in [-0.25, -0.2) is 0 Å². The molecule has 18 heavy (non-hydrogen) atoms. The van der Waals surface area contributed by atoms with Gasteiger partial charge in [-0.1, -0.05) is 13.8 Å². The van der Waals surface area contributed by atoms with Crippen molar-refractivity contribution in [1.29, 1.82) is 0 Å². The van der Waals surface area contributed by atoms with Crippen LogP contribution in [0.4, 0.5) is 11.8 Å². The van der Waals surface area contributed by atoms with Crippen molar-refractivity contribution < 1.29 is 9.53 Å². The molecule has 0 saturated heterocycles. The standard InChI is InChI=1S/C12H20N4O2/c1-4-6-16(7-5-2)12-14-10(13-9-17)8-11(15-12)18-3/h8-9H,4-7H2,1-3H3,(H,13,14,15,17). The zero-order valence-corrected chi connectivity index (χ0v) is 11.1. The average molecular weight is 252 g/mol. The molecule has 0 saturated carbocycles. The Hall–Kier alpha value is -1.85. The van der Waals surface area contributed by atoms with Crippen LogP contribution in [0.1, 0.15) is 26.7 Å². The Morgan fingerprint density at radius 2 is 2.00 bits per heavy atom. The van der Waals surface area contributed by atoms with E-state index in [9.17, 15) is 4.79 Å². The lowest BCUT2D eigenvalue weighted by atomic mass is 10.3. The largest absolute Gasteiger partial charge is 0.481 e. The molecule has 1 rings (SSSR count). The first kappa shape index (κ1) is 14.2. The van der Waals surface area contributed by atoms with Crippen LogP contribution in [0.5, 0.6) is 5.88 Å². The summed E-state index contributed by atoms with van der Waals surface area (Å²) in [4.78, 5) is 21.2. The first-order chi connectivity index (χ1) is 8.74. The number of hydrogen-bond donors (Lipinski definition) is 1. The van der Waals surface area contributed by atoms with E-state index in [0.717, 1.165) is 25.9 Å². The molecule has 1 heterocycles. The van der Waals surface area contributed by atoms with Crippen LogP contribution in [0.3, 0.4) is 0 Å². The Balaban J connectivity index is 3.02. The number of ether oxygens (including phenoxy) is 1. The fourth-order valence-electron chi connectivity index (χ4n) is 1.64. The highest BCUT2D eigenvalue weighted by Gasteiger charge is 2.11. The van der Waals surface area contributed by atoms with Crippen LogP contribution in [0.2, 0.25) is 0 Å². The molecule has 0 aliphatic heterocycles. The highest BCUT2D eigenvalue weighted by atomic mass is 16.5. The molecule has 6 heteroatoms. The van der Waals surface area contributed by atoms with Crippen LogP contribution < -0.4 is 15.0 Å². The number of amides is 1. The van der Waals surface area contributed by atoms with Gasteiger partial charge in [-0.05, 0) is 12.8 Å². The van der Waals surface area contributed by atoms with E-state index in [2.05, 4.69) is 34.0 Å². The summed E-state index contributed by atoms with van der Waals surface area (Å²) in [5.41, 5.74) is 0. The maximum atomic E-state index is 10.5. The van der Waals surface area contributed by atoms with Crippen molar-refractivity contribution in [1.82, 2.24) is 9.97 Å². The van der Waals surface area contributed by atoms with Crippen LogP contribution in [-0.4, -0.2) is 36.6 Å². The Bertz CT molecular complexity index is 378. The minimum absolute atomic E-state index is 0.446. The molecule has 1 N–H and O–H groups in total. The molecule has 0 bridgehead atoms. The molecule has 0 atom stereocenters. The van der Waals surface area contributed by atoms with Gasteiger partial charge in [0.2, 0.25) is 18.2 Å². The molecule has 0 fully saturated rings. The highest BCUT2D eigenvalue weighted by Crippen LogP contribution is 2.18. The summed E-state index contributed by atoms with van der Waals surface area (Å²) in [6, 6.07) is 1.59. The van der Waals surface area contributed by atoms with E-state index in [1.165, 1.54) is 0 Å². The van der Waals surface area contributed by atoms with Gasteiger partial charge in [0.25, 0.3) is 0 Å². The zero-order chi connectivity index (χ0) is 13.4. The second kappa shape index (κ2) is 7.47. The molecule has 0 aliphatic rings. The van der Waals surface area contributed by atoms with Crippen LogP contribution in [0.15, 0.2) is 6.07 Å². The number of anilines is 2. The van der Waals surface area contributed by atoms with E-state index in [-0.39, 0.29) is 0 Å². The Kier molecular flexibility index (Phi) is 5.90. The lowest BCUT2D eigenvalue weighted by Gasteiger charge is -2.22. The third kappa shape index (κ3) is 3.87. The maximum Gasteiger partial charge on any atom is 0.230 e. The second-order valence-corrected chi connectivity index (χ2v) is 3.84. The number of aromatic nitrogens is 2. The number of nitrogens with one attached hydrogen (secondary N) is 1. The third-order valence-electron chi connectivity index (χ3n) is 2.38. The molecule has 0 unspecified atom stereocenters. The number of methoxy groups -OCH3 is 1. The van der Waals surface area contributed by atoms with Gasteiger partial charge in [-0.15, -0.1) is 0 Å². The monoisotopic (exact) mass is 252 g/mol. The predicted molar refractivity (Wildman–Crippen MR) is 71.1 cm³/mol. The Morgan fingerprint density at radius 3 is 2.50 bits per heavy atom. The Labute approximate surface area is 107 Å². The van der Waals surface area contributed by atoms with Gasteiger partial charge in [-0.3, -0.25) is 4.79 Å². The molecule has 0 aliphatic carbocycles. The van der Waals surface area contributed by atoms with Gasteiger partial charge in [-0.2, -0.15) is 9.97 Å². The van der Waals surface area contributed by atoms with Crippen LogP contribution in [0.25, 0.3) is 0 Å². The summed E-state index contributed by atoms with van der Waals surface area (Å²) in [5, 5.41) is 2.52. The number of carbonyl (C=O) groups excluding carboxylic acids is 1. The SMILES string of the molecule is CCCN(CCC)c1nc(NC=O)cc(OC)n1. The maximum absolute atomic E-state index is 10.5. The van der Waals surface area contributed by atoms with Gasteiger partial charge in [0.1, 0.15) is 5.82 Å². The smallest absolute Gasteiger partial charge is 0.230 e. The lowest BCUT2D eigenvalue weighted by Crippen LogP contribution is -2.27. The van der Waals surface area contributed by atoms with Gasteiger partial charge < -0.3 is 15.0 Å². The molecule has 0 spiro atoms. The van der Waals surface area contributed by atoms with Gasteiger partial charge in [0.05, 0.1) is 7.11 Å². The first-order valence-corrected chi connectivity index (χ1v) is 6.13. The molecule has 0 aromatic carbocycles. The van der Waals surface area contributed by atoms with Crippen molar-refractivity contribution in [2.24, 2.45) is 0 Å². The van der Waals surface area contributed by atoms with Crippen molar-refractivity contribution in [3.63, 3.8) is 0 Å². The van der Waals surface area contributed by atoms with E-state index < -0.39 is 0 Å². The van der Waals surface area contributed by atoms with Crippen molar-refractivity contribution in [2.45, 2.75) is 26.7 Å². The Morgan fingerprint density at radius 1 is 1.33 bits per heavy atom. The summed E-state index contributed by atoms with van der Waals surface area (Å²) in [6.07, 6.45) is 2.61. The zero-order valence-electron chi connectivity index (χ0n) is 11.1. The topological polar surface area (TPSA) is 67.4 Å². The minimum atomic E-state index is 0.446. The number of nitrogens with zero attached hydrogens (tertiary/aromatic N) is 3. The summed E-state index contributed by atoms with van der Waals surface area (Å²) in [5.74, 6) is 1.48. The molecule has 1 aromatic rings. The number of rotatable bonds is 8. The first-order valence-electron chi connectivity index (χ1n) is 6.13. The molecule has 1 aromatic heterocycles. The van der Waals surface area contributed by atoms with Crippen molar-refractivity contribution in [2.75, 3.05) is 30.4 Å². The molecular weight excluding hydrogens is 232 g/mol. The molecule has 0 radical (unpaired) electrons. The number of carbonyl (C=O) groups is 1. The van der Waals surface area contributed by atoms with Crippen molar-refractivity contribution in [3.05, 3.63) is 6.07 Å². The minimum Gasteiger partial charge on any atom is -0.481 e. The van der Waals surface area contributed by atoms with Gasteiger partial charge in [0, 0.05) is 19.2 Å². The quantitative estimate of drug-likeness (QED) is 0.713. The van der Waals surface area contributed by atoms with E-state index in [4.69, 9.17) is 4.74 Å². The molecule has 100 valence electrons. The molecule has 6 nitrogen and oxygen atoms in total. The summed E-state index contributed by atoms with van der Waals surface area (Å²) in [7, 11) is 1.54. The highest BCUT2D eigenvalue weighted by molar-refractivity contribution is 5.69. The number of hydrogen-bond acceptors (Lipinski definition) is 5. The summed E-state index contributed by atoms with van der Waals surface area (Å²) >= 11 is 0. The van der Waals surface area contributed by atoms with Gasteiger partial charge >= 0.3 is 0 Å². The van der Waals surface area contributed by atoms with Crippen molar-refractivity contribution >= 4 is 18.2 Å². The summed E-state index contributed by atoms with van der Waals surface area (Å²) < 4.78 is 5.11. The van der Waals surface area contributed by atoms with E-state index >= 15 is 0 Å². The van der Waals surface area contributed by atoms with E-state index in [1.807, 2.05) is 0 Å². The van der Waals surface area contributed by atoms with Crippen LogP contribution in [0, 0.1) is 0 Å². The van der Waals surface area contributed by atoms with Crippen LogP contribution >= 0.6 is 0 Å². The summed E-state index contributed by atoms with van der Waals surface area (Å²) in [6.45, 7) is 5.96. The molecular formula is C12H20N4O2.